The third-order valence-electron chi connectivity index (χ3n) is 3.33. The van der Waals surface area contributed by atoms with E-state index >= 15 is 0 Å². The van der Waals surface area contributed by atoms with E-state index in [4.69, 9.17) is 0 Å². The monoisotopic (exact) mass is 268 g/mol. The highest BCUT2D eigenvalue weighted by atomic mass is 32.2. The fourth-order valence-electron chi connectivity index (χ4n) is 2.27. The molecule has 2 rings (SSSR count). The minimum Gasteiger partial charge on any atom is -0.382 e. The zero-order valence-corrected chi connectivity index (χ0v) is 11.8. The molecule has 2 N–H and O–H groups in total. The first-order valence-electron chi connectivity index (χ1n) is 6.23. The molecule has 1 aliphatic rings. The maximum Gasteiger partial charge on any atom is 0.177 e. The summed E-state index contributed by atoms with van der Waals surface area (Å²) in [6.07, 6.45) is 2.23. The molecule has 5 heteroatoms. The highest BCUT2D eigenvalue weighted by Gasteiger charge is 2.22. The highest BCUT2D eigenvalue weighted by Crippen LogP contribution is 2.33. The van der Waals surface area contributed by atoms with E-state index in [-0.39, 0.29) is 0 Å². The first kappa shape index (κ1) is 13.2. The SMILES string of the molecule is CC(C)C1CCNc2c(cccc2S(C)(=O)=O)N1. The van der Waals surface area contributed by atoms with E-state index in [0.717, 1.165) is 18.7 Å². The van der Waals surface area contributed by atoms with Crippen molar-refractivity contribution in [3.63, 3.8) is 0 Å². The van der Waals surface area contributed by atoms with Gasteiger partial charge in [0, 0.05) is 18.8 Å². The summed E-state index contributed by atoms with van der Waals surface area (Å²) in [5.74, 6) is 0.514. The molecule has 1 atom stereocenters. The van der Waals surface area contributed by atoms with Crippen molar-refractivity contribution < 1.29 is 8.42 Å². The summed E-state index contributed by atoms with van der Waals surface area (Å²) in [5.41, 5.74) is 1.59. The van der Waals surface area contributed by atoms with Gasteiger partial charge in [-0.1, -0.05) is 19.9 Å². The number of hydrogen-bond donors (Lipinski definition) is 2. The Kier molecular flexibility index (Phi) is 3.52. The fourth-order valence-corrected chi connectivity index (χ4v) is 3.15. The van der Waals surface area contributed by atoms with Crippen LogP contribution in [-0.4, -0.2) is 27.3 Å². The zero-order valence-electron chi connectivity index (χ0n) is 11.0. The summed E-state index contributed by atoms with van der Waals surface area (Å²) in [4.78, 5) is 0.372. The lowest BCUT2D eigenvalue weighted by Gasteiger charge is -2.21. The zero-order chi connectivity index (χ0) is 13.3. The van der Waals surface area contributed by atoms with Crippen molar-refractivity contribution in [2.75, 3.05) is 23.4 Å². The molecule has 0 amide bonds. The molecule has 1 unspecified atom stereocenters. The predicted octanol–water partition coefficient (Wildman–Crippen LogP) is 2.34. The molecule has 0 aromatic heterocycles. The third kappa shape index (κ3) is 2.61. The van der Waals surface area contributed by atoms with E-state index < -0.39 is 9.84 Å². The second-order valence-corrected chi connectivity index (χ2v) is 7.15. The number of anilines is 2. The Hall–Kier alpha value is -1.23. The van der Waals surface area contributed by atoms with Crippen LogP contribution >= 0.6 is 0 Å². The Morgan fingerprint density at radius 2 is 2.06 bits per heavy atom. The topological polar surface area (TPSA) is 58.2 Å². The summed E-state index contributed by atoms with van der Waals surface area (Å²) < 4.78 is 23.5. The molecule has 100 valence electrons. The average molecular weight is 268 g/mol. The Bertz CT molecular complexity index is 538. The van der Waals surface area contributed by atoms with Gasteiger partial charge < -0.3 is 10.6 Å². The molecule has 0 saturated carbocycles. The van der Waals surface area contributed by atoms with Crippen LogP contribution in [0, 0.1) is 5.92 Å². The first-order valence-corrected chi connectivity index (χ1v) is 8.12. The second kappa shape index (κ2) is 4.80. The van der Waals surface area contributed by atoms with Crippen LogP contribution in [0.2, 0.25) is 0 Å². The summed E-state index contributed by atoms with van der Waals surface area (Å²) in [5, 5.41) is 6.69. The normalized spacial score (nSPS) is 19.7. The van der Waals surface area contributed by atoms with Gasteiger partial charge in [-0.25, -0.2) is 8.42 Å². The standard InChI is InChI=1S/C13H20N2O2S/c1-9(2)10-7-8-14-13-11(15-10)5-4-6-12(13)18(3,16)17/h4-6,9-10,14-15H,7-8H2,1-3H3. The quantitative estimate of drug-likeness (QED) is 0.864. The number of benzene rings is 1. The third-order valence-corrected chi connectivity index (χ3v) is 4.47. The molecular weight excluding hydrogens is 248 g/mol. The van der Waals surface area contributed by atoms with Crippen LogP contribution in [0.4, 0.5) is 11.4 Å². The number of rotatable bonds is 2. The molecule has 0 saturated heterocycles. The summed E-state index contributed by atoms with van der Waals surface area (Å²) in [7, 11) is -3.20. The maximum absolute atomic E-state index is 11.8. The van der Waals surface area contributed by atoms with Gasteiger partial charge in [-0.05, 0) is 24.5 Å². The van der Waals surface area contributed by atoms with E-state index in [1.165, 1.54) is 6.26 Å². The minimum atomic E-state index is -3.20. The van der Waals surface area contributed by atoms with Crippen LogP contribution < -0.4 is 10.6 Å². The number of hydrogen-bond acceptors (Lipinski definition) is 4. The van der Waals surface area contributed by atoms with Crippen molar-refractivity contribution in [2.45, 2.75) is 31.2 Å². The summed E-state index contributed by atoms with van der Waals surface area (Å²) >= 11 is 0. The van der Waals surface area contributed by atoms with Crippen LogP contribution in [-0.2, 0) is 9.84 Å². The molecule has 18 heavy (non-hydrogen) atoms. The van der Waals surface area contributed by atoms with Gasteiger partial charge in [0.15, 0.2) is 9.84 Å². The number of fused-ring (bicyclic) bond motifs is 1. The van der Waals surface area contributed by atoms with E-state index in [0.29, 0.717) is 22.5 Å². The van der Waals surface area contributed by atoms with E-state index in [9.17, 15) is 8.42 Å². The molecule has 0 aliphatic carbocycles. The van der Waals surface area contributed by atoms with Crippen molar-refractivity contribution in [3.05, 3.63) is 18.2 Å². The van der Waals surface area contributed by atoms with Crippen LogP contribution in [0.3, 0.4) is 0 Å². The molecule has 4 nitrogen and oxygen atoms in total. The lowest BCUT2D eigenvalue weighted by molar-refractivity contribution is 0.507. The summed E-state index contributed by atoms with van der Waals surface area (Å²) in [6, 6.07) is 5.73. The van der Waals surface area contributed by atoms with Crippen LogP contribution in [0.5, 0.6) is 0 Å². The lowest BCUT2D eigenvalue weighted by atomic mass is 10.0. The van der Waals surface area contributed by atoms with Crippen LogP contribution in [0.1, 0.15) is 20.3 Å². The number of para-hydroxylation sites is 1. The van der Waals surface area contributed by atoms with Crippen molar-refractivity contribution in [1.29, 1.82) is 0 Å². The highest BCUT2D eigenvalue weighted by molar-refractivity contribution is 7.90. The first-order chi connectivity index (χ1) is 8.39. The Morgan fingerprint density at radius 1 is 1.33 bits per heavy atom. The minimum absolute atomic E-state index is 0.369. The van der Waals surface area contributed by atoms with Crippen molar-refractivity contribution in [3.8, 4) is 0 Å². The molecule has 1 heterocycles. The van der Waals surface area contributed by atoms with Crippen LogP contribution in [0.15, 0.2) is 23.1 Å². The van der Waals surface area contributed by atoms with Gasteiger partial charge in [0.05, 0.1) is 16.3 Å². The van der Waals surface area contributed by atoms with Crippen molar-refractivity contribution in [2.24, 2.45) is 5.92 Å². The smallest absolute Gasteiger partial charge is 0.177 e. The van der Waals surface area contributed by atoms with Crippen molar-refractivity contribution in [1.82, 2.24) is 0 Å². The van der Waals surface area contributed by atoms with E-state index in [1.54, 1.807) is 12.1 Å². The lowest BCUT2D eigenvalue weighted by Crippen LogP contribution is -2.25. The molecular formula is C13H20N2O2S. The van der Waals surface area contributed by atoms with Crippen molar-refractivity contribution >= 4 is 21.2 Å². The molecule has 0 spiro atoms. The van der Waals surface area contributed by atoms with Gasteiger partial charge >= 0.3 is 0 Å². The van der Waals surface area contributed by atoms with E-state index in [2.05, 4.69) is 24.5 Å². The molecule has 0 fully saturated rings. The Labute approximate surface area is 109 Å². The molecule has 1 aromatic rings. The molecule has 0 bridgehead atoms. The fraction of sp³-hybridized carbons (Fsp3) is 0.538. The molecule has 0 radical (unpaired) electrons. The maximum atomic E-state index is 11.8. The van der Waals surface area contributed by atoms with Gasteiger partial charge in [-0.2, -0.15) is 0 Å². The molecule has 1 aliphatic heterocycles. The number of sulfone groups is 1. The Morgan fingerprint density at radius 3 is 2.67 bits per heavy atom. The summed E-state index contributed by atoms with van der Waals surface area (Å²) in [6.45, 7) is 5.13. The predicted molar refractivity (Wildman–Crippen MR) is 74.9 cm³/mol. The second-order valence-electron chi connectivity index (χ2n) is 5.16. The van der Waals surface area contributed by atoms with Gasteiger partial charge in [0.25, 0.3) is 0 Å². The largest absolute Gasteiger partial charge is 0.382 e. The van der Waals surface area contributed by atoms with Gasteiger partial charge in [0.2, 0.25) is 0 Å². The van der Waals surface area contributed by atoms with E-state index in [1.807, 2.05) is 6.07 Å². The van der Waals surface area contributed by atoms with Crippen LogP contribution in [0.25, 0.3) is 0 Å². The van der Waals surface area contributed by atoms with Gasteiger partial charge in [-0.3, -0.25) is 0 Å². The Balaban J connectivity index is 2.46. The molecule has 1 aromatic carbocycles. The van der Waals surface area contributed by atoms with Gasteiger partial charge in [0.1, 0.15) is 0 Å². The van der Waals surface area contributed by atoms with Gasteiger partial charge in [-0.15, -0.1) is 0 Å². The average Bonchev–Trinajstić information content (AvgIpc) is 2.48. The number of nitrogens with one attached hydrogen (secondary N) is 2.